The number of rotatable bonds is 5. The molecule has 0 radical (unpaired) electrons. The molecule has 106 valence electrons. The van der Waals surface area contributed by atoms with Crippen LogP contribution in [0.4, 0.5) is 5.69 Å². The molecule has 1 unspecified atom stereocenters. The Balaban J connectivity index is 2.23. The van der Waals surface area contributed by atoms with Gasteiger partial charge in [-0.3, -0.25) is 4.98 Å². The van der Waals surface area contributed by atoms with Crippen molar-refractivity contribution in [3.63, 3.8) is 0 Å². The zero-order valence-corrected chi connectivity index (χ0v) is 12.5. The fourth-order valence-electron chi connectivity index (χ4n) is 2.09. The highest BCUT2D eigenvalue weighted by Gasteiger charge is 2.12. The Morgan fingerprint density at radius 1 is 1.30 bits per heavy atom. The largest absolute Gasteiger partial charge is 0.389 e. The molecule has 0 aliphatic rings. The summed E-state index contributed by atoms with van der Waals surface area (Å²) in [4.78, 5) is 6.51. The highest BCUT2D eigenvalue weighted by Crippen LogP contribution is 2.29. The highest BCUT2D eigenvalue weighted by molar-refractivity contribution is 6.33. The Morgan fingerprint density at radius 3 is 2.65 bits per heavy atom. The molecule has 3 nitrogen and oxygen atoms in total. The van der Waals surface area contributed by atoms with E-state index in [1.54, 1.807) is 13.1 Å². The Kier molecular flexibility index (Phi) is 4.99. The molecule has 0 amide bonds. The molecule has 0 aliphatic carbocycles. The summed E-state index contributed by atoms with van der Waals surface area (Å²) in [6.07, 6.45) is 1.29. The van der Waals surface area contributed by atoms with Crippen LogP contribution in [-0.2, 0) is 6.54 Å². The molecule has 0 saturated carbocycles. The number of anilines is 1. The van der Waals surface area contributed by atoms with Gasteiger partial charge in [0.05, 0.1) is 29.1 Å². The van der Waals surface area contributed by atoms with Crippen LogP contribution in [0, 0.1) is 0 Å². The number of aliphatic hydroxyl groups is 1. The maximum atomic E-state index is 9.59. The topological polar surface area (TPSA) is 36.4 Å². The van der Waals surface area contributed by atoms with Gasteiger partial charge in [0.15, 0.2) is 0 Å². The number of aliphatic hydroxyl groups excluding tert-OH is 1. The summed E-state index contributed by atoms with van der Waals surface area (Å²) < 4.78 is 0. The maximum Gasteiger partial charge on any atom is 0.0762 e. The van der Waals surface area contributed by atoms with E-state index in [1.807, 2.05) is 36.4 Å². The Hall–Kier alpha value is -1.58. The molecule has 0 aliphatic heterocycles. The summed E-state index contributed by atoms with van der Waals surface area (Å²) in [5.74, 6) is 0. The average molecular weight is 291 g/mol. The predicted molar refractivity (Wildman–Crippen MR) is 83.0 cm³/mol. The van der Waals surface area contributed by atoms with Crippen molar-refractivity contribution in [3.05, 3.63) is 58.9 Å². The van der Waals surface area contributed by atoms with E-state index in [0.717, 1.165) is 23.5 Å². The number of hydrogen-bond donors (Lipinski definition) is 1. The van der Waals surface area contributed by atoms with Gasteiger partial charge in [0.1, 0.15) is 0 Å². The lowest BCUT2D eigenvalue weighted by molar-refractivity contribution is 0.199. The van der Waals surface area contributed by atoms with E-state index in [-0.39, 0.29) is 0 Å². The van der Waals surface area contributed by atoms with E-state index in [1.165, 1.54) is 0 Å². The van der Waals surface area contributed by atoms with E-state index in [4.69, 9.17) is 11.6 Å². The normalized spacial score (nSPS) is 12.2. The van der Waals surface area contributed by atoms with Crippen LogP contribution < -0.4 is 4.90 Å². The number of halogens is 1. The minimum absolute atomic E-state index is 0.507. The zero-order chi connectivity index (χ0) is 14.5. The third-order valence-electron chi connectivity index (χ3n) is 3.26. The van der Waals surface area contributed by atoms with Gasteiger partial charge < -0.3 is 10.0 Å². The summed E-state index contributed by atoms with van der Waals surface area (Å²) >= 11 is 6.34. The van der Waals surface area contributed by atoms with Crippen LogP contribution in [0.25, 0.3) is 0 Å². The summed E-state index contributed by atoms with van der Waals surface area (Å²) in [6.45, 7) is 5.37. The van der Waals surface area contributed by atoms with Crippen LogP contribution >= 0.6 is 11.6 Å². The SMILES string of the molecule is CCN(Cc1ccccn1)c1ccc(C(C)O)cc1Cl. The van der Waals surface area contributed by atoms with E-state index in [9.17, 15) is 5.11 Å². The minimum Gasteiger partial charge on any atom is -0.389 e. The first-order valence-corrected chi connectivity index (χ1v) is 7.12. The fourth-order valence-corrected chi connectivity index (χ4v) is 2.40. The minimum atomic E-state index is -0.507. The maximum absolute atomic E-state index is 9.59. The number of nitrogens with zero attached hydrogens (tertiary/aromatic N) is 2. The van der Waals surface area contributed by atoms with E-state index < -0.39 is 6.10 Å². The third kappa shape index (κ3) is 3.50. The molecule has 1 aromatic carbocycles. The van der Waals surface area contributed by atoms with Crippen molar-refractivity contribution < 1.29 is 5.11 Å². The lowest BCUT2D eigenvalue weighted by Gasteiger charge is -2.24. The van der Waals surface area contributed by atoms with Gasteiger partial charge in [-0.05, 0) is 43.7 Å². The molecule has 20 heavy (non-hydrogen) atoms. The highest BCUT2D eigenvalue weighted by atomic mass is 35.5. The molecule has 2 aromatic rings. The number of benzene rings is 1. The lowest BCUT2D eigenvalue weighted by atomic mass is 10.1. The average Bonchev–Trinajstić information content (AvgIpc) is 2.46. The summed E-state index contributed by atoms with van der Waals surface area (Å²) in [7, 11) is 0. The summed E-state index contributed by atoms with van der Waals surface area (Å²) in [5, 5.41) is 10.2. The van der Waals surface area contributed by atoms with Crippen LogP contribution in [-0.4, -0.2) is 16.6 Å². The van der Waals surface area contributed by atoms with Gasteiger partial charge in [-0.25, -0.2) is 0 Å². The van der Waals surface area contributed by atoms with Crippen molar-refractivity contribution >= 4 is 17.3 Å². The second kappa shape index (κ2) is 6.73. The van der Waals surface area contributed by atoms with Crippen LogP contribution in [0.5, 0.6) is 0 Å². The molecule has 1 aromatic heterocycles. The molecule has 1 atom stereocenters. The lowest BCUT2D eigenvalue weighted by Crippen LogP contribution is -2.23. The van der Waals surface area contributed by atoms with Gasteiger partial charge in [0, 0.05) is 12.7 Å². The van der Waals surface area contributed by atoms with Crippen LogP contribution in [0.15, 0.2) is 42.6 Å². The fraction of sp³-hybridized carbons (Fsp3) is 0.312. The van der Waals surface area contributed by atoms with Crippen molar-refractivity contribution in [1.82, 2.24) is 4.98 Å². The van der Waals surface area contributed by atoms with Crippen LogP contribution in [0.3, 0.4) is 0 Å². The van der Waals surface area contributed by atoms with Gasteiger partial charge >= 0.3 is 0 Å². The van der Waals surface area contributed by atoms with E-state index in [2.05, 4.69) is 16.8 Å². The monoisotopic (exact) mass is 290 g/mol. The van der Waals surface area contributed by atoms with Crippen LogP contribution in [0.1, 0.15) is 31.2 Å². The Labute approximate surface area is 124 Å². The predicted octanol–water partition coefficient (Wildman–Crippen LogP) is 3.81. The van der Waals surface area contributed by atoms with E-state index in [0.29, 0.717) is 11.6 Å². The van der Waals surface area contributed by atoms with Crippen LogP contribution in [0.2, 0.25) is 5.02 Å². The van der Waals surface area contributed by atoms with Crippen molar-refractivity contribution in [2.45, 2.75) is 26.5 Å². The quantitative estimate of drug-likeness (QED) is 0.909. The van der Waals surface area contributed by atoms with Crippen molar-refractivity contribution in [1.29, 1.82) is 0 Å². The molecule has 0 bridgehead atoms. The van der Waals surface area contributed by atoms with Gasteiger partial charge in [-0.2, -0.15) is 0 Å². The van der Waals surface area contributed by atoms with Gasteiger partial charge in [-0.1, -0.05) is 23.7 Å². The summed E-state index contributed by atoms with van der Waals surface area (Å²) in [6, 6.07) is 11.6. The standard InChI is InChI=1S/C16H19ClN2O/c1-3-19(11-14-6-4-5-9-18-14)16-8-7-13(12(2)20)10-15(16)17/h4-10,12,20H,3,11H2,1-2H3. The number of hydrogen-bond acceptors (Lipinski definition) is 3. The summed E-state index contributed by atoms with van der Waals surface area (Å²) in [5.41, 5.74) is 2.79. The molecular weight excluding hydrogens is 272 g/mol. The van der Waals surface area contributed by atoms with Crippen molar-refractivity contribution in [3.8, 4) is 0 Å². The molecule has 1 heterocycles. The Morgan fingerprint density at radius 2 is 2.10 bits per heavy atom. The number of pyridine rings is 1. The smallest absolute Gasteiger partial charge is 0.0762 e. The molecule has 0 saturated heterocycles. The molecule has 1 N–H and O–H groups in total. The first-order chi connectivity index (χ1) is 9.61. The van der Waals surface area contributed by atoms with E-state index >= 15 is 0 Å². The third-order valence-corrected chi connectivity index (χ3v) is 3.56. The van der Waals surface area contributed by atoms with Crippen molar-refractivity contribution in [2.75, 3.05) is 11.4 Å². The molecular formula is C16H19ClN2O. The van der Waals surface area contributed by atoms with Crippen molar-refractivity contribution in [2.24, 2.45) is 0 Å². The first-order valence-electron chi connectivity index (χ1n) is 6.74. The second-order valence-corrected chi connectivity index (χ2v) is 5.13. The van der Waals surface area contributed by atoms with Gasteiger partial charge in [0.25, 0.3) is 0 Å². The number of aromatic nitrogens is 1. The van der Waals surface area contributed by atoms with Gasteiger partial charge in [0.2, 0.25) is 0 Å². The molecule has 0 spiro atoms. The Bertz CT molecular complexity index is 558. The molecule has 2 rings (SSSR count). The second-order valence-electron chi connectivity index (χ2n) is 4.72. The first kappa shape index (κ1) is 14.8. The zero-order valence-electron chi connectivity index (χ0n) is 11.8. The van der Waals surface area contributed by atoms with Gasteiger partial charge in [-0.15, -0.1) is 0 Å². The molecule has 4 heteroatoms. The molecule has 0 fully saturated rings.